The van der Waals surface area contributed by atoms with Crippen LogP contribution in [0.1, 0.15) is 64.5 Å². The summed E-state index contributed by atoms with van der Waals surface area (Å²) in [6.45, 7) is 13.2. The Morgan fingerprint density at radius 3 is 2.43 bits per heavy atom. The number of rotatable bonds is 4. The topological polar surface area (TPSA) is 49.9 Å². The quantitative estimate of drug-likeness (QED) is 0.790. The molecule has 2 aliphatic heterocycles. The second kappa shape index (κ2) is 7.41. The van der Waals surface area contributed by atoms with Crippen molar-refractivity contribution in [3.63, 3.8) is 0 Å². The monoisotopic (exact) mass is 386 g/mol. The third-order valence-electron chi connectivity index (χ3n) is 6.44. The Bertz CT molecular complexity index is 771. The number of ether oxygens (including phenoxy) is 1. The molecular formula is C23H34N2O3. The summed E-state index contributed by atoms with van der Waals surface area (Å²) in [5.74, 6) is 0.748. The molecule has 0 aliphatic carbocycles. The molecule has 1 spiro atoms. The van der Waals surface area contributed by atoms with Crippen molar-refractivity contribution in [2.24, 2.45) is 0 Å². The molecule has 1 unspecified atom stereocenters. The zero-order valence-corrected chi connectivity index (χ0v) is 18.2. The number of piperidine rings is 1. The minimum Gasteiger partial charge on any atom is -0.478 e. The lowest BCUT2D eigenvalue weighted by Crippen LogP contribution is -2.65. The molecule has 5 heteroatoms. The van der Waals surface area contributed by atoms with E-state index >= 15 is 0 Å². The van der Waals surface area contributed by atoms with E-state index in [0.29, 0.717) is 6.54 Å². The predicted octanol–water partition coefficient (Wildman–Crippen LogP) is 3.85. The molecule has 0 bridgehead atoms. The Labute approximate surface area is 169 Å². The van der Waals surface area contributed by atoms with E-state index in [4.69, 9.17) is 4.74 Å². The van der Waals surface area contributed by atoms with E-state index in [1.54, 1.807) is 0 Å². The summed E-state index contributed by atoms with van der Waals surface area (Å²) in [5, 5.41) is 0. The van der Waals surface area contributed by atoms with Crippen molar-refractivity contribution >= 4 is 11.8 Å². The normalized spacial score (nSPS) is 23.0. The Morgan fingerprint density at radius 1 is 1.14 bits per heavy atom. The van der Waals surface area contributed by atoms with Crippen LogP contribution in [-0.2, 0) is 9.59 Å². The lowest BCUT2D eigenvalue weighted by atomic mass is 9.84. The van der Waals surface area contributed by atoms with Gasteiger partial charge in [0.15, 0.2) is 5.60 Å². The van der Waals surface area contributed by atoms with Crippen molar-refractivity contribution < 1.29 is 14.3 Å². The van der Waals surface area contributed by atoms with Crippen LogP contribution in [0.3, 0.4) is 0 Å². The predicted molar refractivity (Wildman–Crippen MR) is 110 cm³/mol. The molecule has 1 aromatic carbocycles. The van der Waals surface area contributed by atoms with Crippen LogP contribution in [-0.4, -0.2) is 51.9 Å². The van der Waals surface area contributed by atoms with Crippen molar-refractivity contribution in [2.45, 2.75) is 84.4 Å². The van der Waals surface area contributed by atoms with Crippen molar-refractivity contribution in [2.75, 3.05) is 13.1 Å². The summed E-state index contributed by atoms with van der Waals surface area (Å²) in [6, 6.07) is 6.04. The van der Waals surface area contributed by atoms with E-state index in [1.165, 1.54) is 0 Å². The summed E-state index contributed by atoms with van der Waals surface area (Å²) >= 11 is 0. The molecule has 0 radical (unpaired) electrons. The molecule has 1 atom stereocenters. The van der Waals surface area contributed by atoms with Crippen molar-refractivity contribution in [3.05, 3.63) is 29.3 Å². The van der Waals surface area contributed by atoms with Crippen LogP contribution in [0.4, 0.5) is 0 Å². The van der Waals surface area contributed by atoms with E-state index in [0.717, 1.165) is 49.1 Å². The van der Waals surface area contributed by atoms with Crippen LogP contribution in [0.15, 0.2) is 18.2 Å². The first kappa shape index (κ1) is 20.7. The number of hydrogen-bond acceptors (Lipinski definition) is 3. The molecule has 154 valence electrons. The van der Waals surface area contributed by atoms with Gasteiger partial charge in [-0.25, -0.2) is 0 Å². The van der Waals surface area contributed by atoms with E-state index < -0.39 is 11.1 Å². The van der Waals surface area contributed by atoms with Crippen molar-refractivity contribution in [1.82, 2.24) is 9.80 Å². The molecule has 5 nitrogen and oxygen atoms in total. The minimum absolute atomic E-state index is 0.0927. The number of likely N-dealkylation sites (tertiary alicyclic amines) is 2. The number of benzene rings is 1. The summed E-state index contributed by atoms with van der Waals surface area (Å²) in [7, 11) is 0. The van der Waals surface area contributed by atoms with Crippen LogP contribution in [0, 0.1) is 13.8 Å². The van der Waals surface area contributed by atoms with Gasteiger partial charge < -0.3 is 14.5 Å². The highest BCUT2D eigenvalue weighted by molar-refractivity contribution is 5.95. The van der Waals surface area contributed by atoms with Gasteiger partial charge >= 0.3 is 0 Å². The largest absolute Gasteiger partial charge is 0.478 e. The summed E-state index contributed by atoms with van der Waals surface area (Å²) in [6.07, 6.45) is 3.30. The second-order valence-electron chi connectivity index (χ2n) is 9.10. The average Bonchev–Trinajstić information content (AvgIpc) is 3.04. The van der Waals surface area contributed by atoms with Crippen LogP contribution in [0.25, 0.3) is 0 Å². The third-order valence-corrected chi connectivity index (χ3v) is 6.44. The molecule has 28 heavy (non-hydrogen) atoms. The van der Waals surface area contributed by atoms with E-state index in [1.807, 2.05) is 69.5 Å². The molecule has 0 aromatic heterocycles. The van der Waals surface area contributed by atoms with Crippen LogP contribution in [0.5, 0.6) is 5.75 Å². The maximum absolute atomic E-state index is 13.6. The summed E-state index contributed by atoms with van der Waals surface area (Å²) in [5.41, 5.74) is 0.450. The number of amides is 2. The first-order valence-electron chi connectivity index (χ1n) is 10.5. The smallest absolute Gasteiger partial charge is 0.267 e. The van der Waals surface area contributed by atoms with Gasteiger partial charge in [0, 0.05) is 19.1 Å². The molecule has 2 aliphatic rings. The van der Waals surface area contributed by atoms with Crippen LogP contribution < -0.4 is 4.74 Å². The molecule has 0 saturated carbocycles. The van der Waals surface area contributed by atoms with Gasteiger partial charge in [-0.3, -0.25) is 9.59 Å². The average molecular weight is 387 g/mol. The van der Waals surface area contributed by atoms with E-state index in [2.05, 4.69) is 0 Å². The van der Waals surface area contributed by atoms with Gasteiger partial charge in [0.1, 0.15) is 11.3 Å². The van der Waals surface area contributed by atoms with E-state index in [-0.39, 0.29) is 17.9 Å². The van der Waals surface area contributed by atoms with Gasteiger partial charge in [-0.15, -0.1) is 0 Å². The van der Waals surface area contributed by atoms with Crippen LogP contribution in [0.2, 0.25) is 0 Å². The number of carbonyl (C=O) groups is 2. The lowest BCUT2D eigenvalue weighted by molar-refractivity contribution is -0.163. The molecule has 2 heterocycles. The second-order valence-corrected chi connectivity index (χ2v) is 9.10. The van der Waals surface area contributed by atoms with Crippen LogP contribution >= 0.6 is 0 Å². The fourth-order valence-electron chi connectivity index (χ4n) is 4.65. The minimum atomic E-state index is -1.03. The summed E-state index contributed by atoms with van der Waals surface area (Å²) < 4.78 is 6.22. The Morgan fingerprint density at radius 2 is 1.79 bits per heavy atom. The fourth-order valence-corrected chi connectivity index (χ4v) is 4.65. The molecule has 3 rings (SSSR count). The molecule has 2 amide bonds. The first-order valence-corrected chi connectivity index (χ1v) is 10.5. The fraction of sp³-hybridized carbons (Fsp3) is 0.652. The van der Waals surface area contributed by atoms with Gasteiger partial charge in [-0.1, -0.05) is 12.1 Å². The molecule has 1 aromatic rings. The highest BCUT2D eigenvalue weighted by atomic mass is 16.5. The highest BCUT2D eigenvalue weighted by Gasteiger charge is 2.55. The van der Waals surface area contributed by atoms with Gasteiger partial charge in [0.05, 0.1) is 0 Å². The van der Waals surface area contributed by atoms with Gasteiger partial charge in [0.2, 0.25) is 5.91 Å². The number of carbonyl (C=O) groups excluding carboxylic acids is 2. The van der Waals surface area contributed by atoms with E-state index in [9.17, 15) is 9.59 Å². The maximum atomic E-state index is 13.6. The third kappa shape index (κ3) is 3.40. The highest BCUT2D eigenvalue weighted by Crippen LogP contribution is 2.40. The Kier molecular flexibility index (Phi) is 5.48. The maximum Gasteiger partial charge on any atom is 0.267 e. The first-order chi connectivity index (χ1) is 13.1. The van der Waals surface area contributed by atoms with Crippen molar-refractivity contribution in [3.8, 4) is 5.75 Å². The lowest BCUT2D eigenvalue weighted by Gasteiger charge is -2.47. The number of aryl methyl sites for hydroxylation is 1. The van der Waals surface area contributed by atoms with Gasteiger partial charge in [-0.05, 0) is 84.4 Å². The number of nitrogens with zero attached hydrogens (tertiary/aromatic N) is 2. The van der Waals surface area contributed by atoms with Gasteiger partial charge in [0.25, 0.3) is 5.91 Å². The zero-order chi connectivity index (χ0) is 20.7. The Balaban J connectivity index is 1.87. The molecular weight excluding hydrogens is 352 g/mol. The summed E-state index contributed by atoms with van der Waals surface area (Å²) in [4.78, 5) is 30.7. The van der Waals surface area contributed by atoms with Crippen molar-refractivity contribution in [1.29, 1.82) is 0 Å². The Hall–Kier alpha value is -2.04. The molecule has 0 N–H and O–H groups in total. The van der Waals surface area contributed by atoms with Gasteiger partial charge in [-0.2, -0.15) is 0 Å². The molecule has 2 fully saturated rings. The molecule has 2 saturated heterocycles. The SMILES string of the molecule is Cc1cccc(OC(C)(C)C(=O)N2CCCC23CCCN(C(C)C)C3=O)c1C. The zero-order valence-electron chi connectivity index (χ0n) is 18.2. The number of hydrogen-bond donors (Lipinski definition) is 0. The standard InChI is InChI=1S/C23H34N2O3/c1-16(2)24-14-8-12-23(21(24)27)13-9-15-25(23)20(26)22(5,6)28-19-11-7-10-17(3)18(19)4/h7,10-11,16H,8-9,12-15H2,1-6H3.